The van der Waals surface area contributed by atoms with Crippen molar-refractivity contribution >= 4 is 40.7 Å². The van der Waals surface area contributed by atoms with E-state index in [9.17, 15) is 5.11 Å². The van der Waals surface area contributed by atoms with Crippen LogP contribution in [0.15, 0.2) is 16.6 Å². The molecule has 1 atom stereocenters. The first kappa shape index (κ1) is 22.0. The Balaban J connectivity index is 0.00000220. The molecular weight excluding hydrogens is 387 g/mol. The number of rotatable bonds is 2. The average molecular weight is 414 g/mol. The molecule has 0 spiro atoms. The number of aryl methyl sites for hydroxylation is 1. The van der Waals surface area contributed by atoms with Crippen molar-refractivity contribution in [3.05, 3.63) is 27.7 Å². The molecule has 2 N–H and O–H groups in total. The fourth-order valence-corrected chi connectivity index (χ4v) is 3.71. The number of nitrogens with one attached hydrogen (secondary N) is 1. The van der Waals surface area contributed by atoms with Crippen molar-refractivity contribution in [1.29, 1.82) is 0 Å². The van der Waals surface area contributed by atoms with Crippen LogP contribution in [-0.4, -0.2) is 36.2 Å². The fourth-order valence-electron chi connectivity index (χ4n) is 3.12. The Kier molecular flexibility index (Phi) is 8.74. The zero-order valence-electron chi connectivity index (χ0n) is 13.6. The highest BCUT2D eigenvalue weighted by atomic mass is 79.9. The molecular formula is C16H27BrCl2N2O. The van der Waals surface area contributed by atoms with Gasteiger partial charge in [-0.3, -0.25) is 4.90 Å². The van der Waals surface area contributed by atoms with Gasteiger partial charge in [-0.1, -0.05) is 36.7 Å². The van der Waals surface area contributed by atoms with Crippen LogP contribution >= 0.6 is 40.7 Å². The zero-order chi connectivity index (χ0) is 14.9. The van der Waals surface area contributed by atoms with Gasteiger partial charge in [-0.2, -0.15) is 0 Å². The van der Waals surface area contributed by atoms with Gasteiger partial charge in [0.25, 0.3) is 0 Å². The monoisotopic (exact) mass is 412 g/mol. The zero-order valence-corrected chi connectivity index (χ0v) is 16.9. The van der Waals surface area contributed by atoms with E-state index in [0.717, 1.165) is 41.8 Å². The largest absolute Gasteiger partial charge is 0.507 e. The van der Waals surface area contributed by atoms with Crippen molar-refractivity contribution in [2.24, 2.45) is 5.41 Å². The van der Waals surface area contributed by atoms with Gasteiger partial charge in [0.05, 0.1) is 0 Å². The topological polar surface area (TPSA) is 35.5 Å². The quantitative estimate of drug-likeness (QED) is 0.758. The lowest BCUT2D eigenvalue weighted by atomic mass is 9.80. The highest BCUT2D eigenvalue weighted by molar-refractivity contribution is 9.10. The molecule has 1 aromatic rings. The van der Waals surface area contributed by atoms with Crippen LogP contribution in [0.25, 0.3) is 0 Å². The molecule has 1 aliphatic rings. The van der Waals surface area contributed by atoms with Crippen molar-refractivity contribution in [3.63, 3.8) is 0 Å². The third-order valence-corrected chi connectivity index (χ3v) is 4.38. The summed E-state index contributed by atoms with van der Waals surface area (Å²) < 4.78 is 1.03. The number of aromatic hydroxyl groups is 1. The number of hydrogen-bond donors (Lipinski definition) is 2. The van der Waals surface area contributed by atoms with Crippen LogP contribution in [-0.2, 0) is 0 Å². The summed E-state index contributed by atoms with van der Waals surface area (Å²) in [6.07, 6.45) is 0. The molecule has 6 heteroatoms. The van der Waals surface area contributed by atoms with Crippen molar-refractivity contribution in [1.82, 2.24) is 10.2 Å². The predicted molar refractivity (Wildman–Crippen MR) is 102 cm³/mol. The number of nitrogens with zero attached hydrogens (tertiary/aromatic N) is 1. The normalized spacial score (nSPS) is 17.3. The van der Waals surface area contributed by atoms with E-state index >= 15 is 0 Å². The van der Waals surface area contributed by atoms with E-state index in [2.05, 4.69) is 53.0 Å². The molecule has 1 heterocycles. The van der Waals surface area contributed by atoms with E-state index in [-0.39, 0.29) is 36.3 Å². The maximum Gasteiger partial charge on any atom is 0.123 e. The van der Waals surface area contributed by atoms with Gasteiger partial charge in [-0.15, -0.1) is 24.8 Å². The lowest BCUT2D eigenvalue weighted by Gasteiger charge is -2.43. The molecule has 1 fully saturated rings. The molecule has 0 bridgehead atoms. The van der Waals surface area contributed by atoms with E-state index in [1.807, 2.05) is 13.0 Å². The third-order valence-electron chi connectivity index (χ3n) is 3.93. The molecule has 128 valence electrons. The van der Waals surface area contributed by atoms with Crippen molar-refractivity contribution in [2.45, 2.75) is 33.7 Å². The van der Waals surface area contributed by atoms with Gasteiger partial charge in [-0.05, 0) is 30.0 Å². The standard InChI is InChI=1S/C16H25BrN2O.2ClH/c1-11-9-12(17)10-13(14(11)20)15(16(2,3)4)19-7-5-18-6-8-19;;/h9-10,15,18,20H,5-8H2,1-4H3;2*1H/t15-;;/m0../s1. The first-order valence-corrected chi connectivity index (χ1v) is 8.04. The molecule has 1 saturated heterocycles. The second-order valence-electron chi connectivity index (χ2n) is 6.72. The second-order valence-corrected chi connectivity index (χ2v) is 7.63. The third kappa shape index (κ3) is 5.00. The summed E-state index contributed by atoms with van der Waals surface area (Å²) >= 11 is 3.56. The van der Waals surface area contributed by atoms with Crippen LogP contribution in [0.3, 0.4) is 0 Å². The molecule has 0 amide bonds. The molecule has 3 nitrogen and oxygen atoms in total. The first-order chi connectivity index (χ1) is 9.30. The molecule has 1 aromatic carbocycles. The van der Waals surface area contributed by atoms with Gasteiger partial charge in [0.15, 0.2) is 0 Å². The minimum absolute atomic E-state index is 0. The Bertz CT molecular complexity index is 486. The number of phenols is 1. The summed E-state index contributed by atoms with van der Waals surface area (Å²) in [6.45, 7) is 12.8. The Morgan fingerprint density at radius 1 is 1.18 bits per heavy atom. The lowest BCUT2D eigenvalue weighted by Crippen LogP contribution is -2.48. The van der Waals surface area contributed by atoms with Crippen LogP contribution < -0.4 is 5.32 Å². The fraction of sp³-hybridized carbons (Fsp3) is 0.625. The van der Waals surface area contributed by atoms with E-state index < -0.39 is 0 Å². The van der Waals surface area contributed by atoms with Crippen LogP contribution in [0.1, 0.15) is 37.9 Å². The minimum atomic E-state index is 0. The summed E-state index contributed by atoms with van der Waals surface area (Å²) in [6, 6.07) is 4.26. The van der Waals surface area contributed by atoms with E-state index in [0.29, 0.717) is 5.75 Å². The van der Waals surface area contributed by atoms with Crippen LogP contribution in [0.5, 0.6) is 5.75 Å². The van der Waals surface area contributed by atoms with E-state index in [1.54, 1.807) is 0 Å². The summed E-state index contributed by atoms with van der Waals surface area (Å²) in [7, 11) is 0. The summed E-state index contributed by atoms with van der Waals surface area (Å²) in [5.74, 6) is 0.437. The molecule has 0 aromatic heterocycles. The molecule has 0 aliphatic carbocycles. The van der Waals surface area contributed by atoms with Crippen LogP contribution in [0.4, 0.5) is 0 Å². The highest BCUT2D eigenvalue weighted by Gasteiger charge is 2.34. The maximum absolute atomic E-state index is 10.5. The van der Waals surface area contributed by atoms with Crippen LogP contribution in [0.2, 0.25) is 0 Å². The predicted octanol–water partition coefficient (Wildman–Crippen LogP) is 4.30. The summed E-state index contributed by atoms with van der Waals surface area (Å²) in [4.78, 5) is 2.48. The van der Waals surface area contributed by atoms with Gasteiger partial charge in [0.1, 0.15) is 5.75 Å². The number of benzene rings is 1. The molecule has 1 aliphatic heterocycles. The number of phenolic OH excluding ortho intramolecular Hbond substituents is 1. The SMILES string of the molecule is Cc1cc(Br)cc([C@H](N2CCNCC2)C(C)(C)C)c1O.Cl.Cl. The lowest BCUT2D eigenvalue weighted by molar-refractivity contribution is 0.0841. The second kappa shape index (κ2) is 8.74. The number of piperazine rings is 1. The molecule has 0 radical (unpaired) electrons. The first-order valence-electron chi connectivity index (χ1n) is 7.24. The Morgan fingerprint density at radius 2 is 1.73 bits per heavy atom. The Hall–Kier alpha value is -0.000000000000000111. The Labute approximate surface area is 154 Å². The number of halogens is 3. The van der Waals surface area contributed by atoms with Gasteiger partial charge < -0.3 is 10.4 Å². The van der Waals surface area contributed by atoms with Gasteiger partial charge >= 0.3 is 0 Å². The van der Waals surface area contributed by atoms with E-state index in [1.165, 1.54) is 0 Å². The molecule has 2 rings (SSSR count). The van der Waals surface area contributed by atoms with Crippen molar-refractivity contribution in [3.8, 4) is 5.75 Å². The van der Waals surface area contributed by atoms with Crippen molar-refractivity contribution in [2.75, 3.05) is 26.2 Å². The average Bonchev–Trinajstić information content (AvgIpc) is 2.35. The molecule has 22 heavy (non-hydrogen) atoms. The van der Waals surface area contributed by atoms with Gasteiger partial charge in [0.2, 0.25) is 0 Å². The maximum atomic E-state index is 10.5. The van der Waals surface area contributed by atoms with Gasteiger partial charge in [-0.25, -0.2) is 0 Å². The van der Waals surface area contributed by atoms with Crippen LogP contribution in [0, 0.1) is 12.3 Å². The minimum Gasteiger partial charge on any atom is -0.507 e. The number of hydrogen-bond acceptors (Lipinski definition) is 3. The highest BCUT2D eigenvalue weighted by Crippen LogP contribution is 2.43. The van der Waals surface area contributed by atoms with Gasteiger partial charge in [0, 0.05) is 42.3 Å². The van der Waals surface area contributed by atoms with Crippen molar-refractivity contribution < 1.29 is 5.11 Å². The summed E-state index contributed by atoms with van der Waals surface area (Å²) in [5.41, 5.74) is 2.03. The molecule has 0 unspecified atom stereocenters. The smallest absolute Gasteiger partial charge is 0.123 e. The molecule has 0 saturated carbocycles. The Morgan fingerprint density at radius 3 is 2.23 bits per heavy atom. The summed E-state index contributed by atoms with van der Waals surface area (Å²) in [5, 5.41) is 13.9. The van der Waals surface area contributed by atoms with E-state index in [4.69, 9.17) is 0 Å².